The topological polar surface area (TPSA) is 143 Å². The molecule has 0 fully saturated rings. The second kappa shape index (κ2) is 5.77. The van der Waals surface area contributed by atoms with Crippen LogP contribution in [0.2, 0.25) is 0 Å². The van der Waals surface area contributed by atoms with Gasteiger partial charge in [-0.05, 0) is 0 Å². The number of nitrogens with zero attached hydrogens (tertiary/aromatic N) is 3. The highest BCUT2D eigenvalue weighted by Gasteiger charge is 2.00. The van der Waals surface area contributed by atoms with Gasteiger partial charge < -0.3 is 5.73 Å². The second-order valence-electron chi connectivity index (χ2n) is 1.58. The minimum atomic E-state index is -2.70. The lowest BCUT2D eigenvalue weighted by atomic mass is 10.7. The van der Waals surface area contributed by atoms with Crippen molar-refractivity contribution in [3.8, 4) is 0 Å². The second-order valence-corrected chi connectivity index (χ2v) is 2.20. The molecule has 1 aliphatic rings. The van der Waals surface area contributed by atoms with Gasteiger partial charge in [0.15, 0.2) is 0 Å². The third-order valence-corrected chi connectivity index (χ3v) is 0.953. The molecular formula is C3H5N5O4S. The lowest BCUT2D eigenvalue weighted by Gasteiger charge is -1.73. The van der Waals surface area contributed by atoms with Gasteiger partial charge in [-0.2, -0.15) is 13.5 Å². The van der Waals surface area contributed by atoms with Crippen molar-refractivity contribution in [1.82, 2.24) is 5.43 Å². The first kappa shape index (κ1) is 11.2. The molecule has 1 aliphatic heterocycles. The van der Waals surface area contributed by atoms with E-state index in [1.54, 1.807) is 0 Å². The van der Waals surface area contributed by atoms with Gasteiger partial charge in [0.05, 0.1) is 0 Å². The number of carbonyl (C=O) groups is 2. The number of primary amides is 1. The molecule has 1 heterocycles. The molecule has 13 heavy (non-hydrogen) atoms. The van der Waals surface area contributed by atoms with Crippen molar-refractivity contribution in [1.29, 1.82) is 0 Å². The zero-order valence-electron chi connectivity index (χ0n) is 6.17. The fourth-order valence-corrected chi connectivity index (χ4v) is 0.446. The zero-order valence-corrected chi connectivity index (χ0v) is 6.98. The molecule has 0 aromatic carbocycles. The molecule has 0 unspecified atom stereocenters. The van der Waals surface area contributed by atoms with E-state index in [1.807, 2.05) is 0 Å². The Morgan fingerprint density at radius 1 is 1.62 bits per heavy atom. The van der Waals surface area contributed by atoms with E-state index in [4.69, 9.17) is 0 Å². The molecule has 1 rings (SSSR count). The van der Waals surface area contributed by atoms with Crippen LogP contribution in [0.4, 0.5) is 4.79 Å². The van der Waals surface area contributed by atoms with Crippen LogP contribution in [0.25, 0.3) is 0 Å². The lowest BCUT2D eigenvalue weighted by molar-refractivity contribution is -0.118. The Morgan fingerprint density at radius 2 is 2.23 bits per heavy atom. The molecule has 72 valence electrons. The van der Waals surface area contributed by atoms with E-state index >= 15 is 0 Å². The summed E-state index contributed by atoms with van der Waals surface area (Å²) in [6.45, 7) is 0.194. The normalized spacial score (nSPS) is 12.5. The molecule has 0 spiro atoms. The number of hydrogen-bond acceptors (Lipinski definition) is 6. The Balaban J connectivity index is 0.000000223. The summed E-state index contributed by atoms with van der Waals surface area (Å²) in [5.74, 6) is -0.130. The smallest absolute Gasteiger partial charge is 0.349 e. The number of urea groups is 1. The van der Waals surface area contributed by atoms with Crippen LogP contribution in [-0.4, -0.2) is 26.9 Å². The number of carbonyl (C=O) groups excluding carboxylic acids is 2. The van der Waals surface area contributed by atoms with E-state index in [0.29, 0.717) is 0 Å². The third kappa shape index (κ3) is 8.06. The molecule has 3 N–H and O–H groups in total. The summed E-state index contributed by atoms with van der Waals surface area (Å²) in [5.41, 5.74) is 6.43. The van der Waals surface area contributed by atoms with Crippen molar-refractivity contribution in [2.75, 3.05) is 6.54 Å². The van der Waals surface area contributed by atoms with Crippen molar-refractivity contribution in [3.05, 3.63) is 0 Å². The first-order chi connectivity index (χ1) is 6.02. The molecule has 0 aromatic rings. The van der Waals surface area contributed by atoms with Gasteiger partial charge in [0.1, 0.15) is 6.54 Å². The minimum Gasteiger partial charge on any atom is -0.349 e. The summed E-state index contributed by atoms with van der Waals surface area (Å²) in [6, 6.07) is -1.20. The van der Waals surface area contributed by atoms with Crippen LogP contribution in [0, 0.1) is 0 Å². The maximum atomic E-state index is 9.94. The summed E-state index contributed by atoms with van der Waals surface area (Å²) in [5, 5.41) is 6.52. The van der Waals surface area contributed by atoms with E-state index in [1.165, 1.54) is 0 Å². The van der Waals surface area contributed by atoms with Gasteiger partial charge in [-0.1, -0.05) is 9.59 Å². The predicted molar refractivity (Wildman–Crippen MR) is 38.8 cm³/mol. The van der Waals surface area contributed by atoms with Crippen LogP contribution in [0.3, 0.4) is 0 Å². The van der Waals surface area contributed by atoms with Crippen molar-refractivity contribution in [2.24, 2.45) is 20.4 Å². The van der Waals surface area contributed by atoms with E-state index < -0.39 is 16.5 Å². The highest BCUT2D eigenvalue weighted by atomic mass is 32.2. The van der Waals surface area contributed by atoms with E-state index in [2.05, 4.69) is 25.9 Å². The average molecular weight is 207 g/mol. The molecule has 10 heteroatoms. The number of nitrogens with two attached hydrogens (primary N) is 1. The van der Waals surface area contributed by atoms with Crippen LogP contribution in [0.1, 0.15) is 0 Å². The van der Waals surface area contributed by atoms with Gasteiger partial charge >= 0.3 is 16.5 Å². The summed E-state index contributed by atoms with van der Waals surface area (Å²) in [6.07, 6.45) is 0. The Labute approximate surface area is 73.7 Å². The maximum absolute atomic E-state index is 9.94. The highest BCUT2D eigenvalue weighted by molar-refractivity contribution is 7.62. The molecular weight excluding hydrogens is 202 g/mol. The quantitative estimate of drug-likeness (QED) is 0.503. The van der Waals surface area contributed by atoms with Gasteiger partial charge in [0, 0.05) is 0 Å². The molecule has 0 aliphatic carbocycles. The van der Waals surface area contributed by atoms with Gasteiger partial charge in [0.25, 0.3) is 5.91 Å². The number of nitrogens with one attached hydrogen (secondary N) is 1. The van der Waals surface area contributed by atoms with Crippen LogP contribution in [-0.2, 0) is 15.3 Å². The molecule has 3 amide bonds. The fourth-order valence-electron chi connectivity index (χ4n) is 0.300. The number of amides is 3. The van der Waals surface area contributed by atoms with E-state index in [9.17, 15) is 18.0 Å². The standard InChI is InChI=1S/C2H3N3O.CH2N2O3S/c6-2-1-3-5-4-2;2-1(4)3-7(5)6/h1H2,(H,3,4,6);(H2,2,4). The number of rotatable bonds is 0. The zero-order chi connectivity index (χ0) is 10.3. The van der Waals surface area contributed by atoms with Crippen molar-refractivity contribution in [3.63, 3.8) is 0 Å². The largest absolute Gasteiger partial charge is 0.353 e. The summed E-state index contributed by atoms with van der Waals surface area (Å²) >= 11 is 0. The number of hydrogen-bond donors (Lipinski definition) is 2. The van der Waals surface area contributed by atoms with E-state index in [-0.39, 0.29) is 12.5 Å². The fraction of sp³-hybridized carbons (Fsp3) is 0.333. The Hall–Kier alpha value is -1.84. The average Bonchev–Trinajstić information content (AvgIpc) is 2.37. The van der Waals surface area contributed by atoms with Crippen LogP contribution < -0.4 is 11.2 Å². The van der Waals surface area contributed by atoms with Gasteiger partial charge in [0.2, 0.25) is 0 Å². The predicted octanol–water partition coefficient (Wildman–Crippen LogP) is -1.39. The summed E-state index contributed by atoms with van der Waals surface area (Å²) in [7, 11) is -2.70. The van der Waals surface area contributed by atoms with Gasteiger partial charge in [-0.15, -0.1) is 0 Å². The Kier molecular flexibility index (Phi) is 4.95. The van der Waals surface area contributed by atoms with Crippen molar-refractivity contribution < 1.29 is 18.0 Å². The van der Waals surface area contributed by atoms with Crippen LogP contribution >= 0.6 is 0 Å². The first-order valence-electron chi connectivity index (χ1n) is 2.78. The maximum Gasteiger partial charge on any atom is 0.353 e. The molecule has 0 radical (unpaired) electrons. The minimum absolute atomic E-state index is 0.130. The molecule has 0 saturated heterocycles. The Bertz CT molecular complexity index is 338. The molecule has 0 bridgehead atoms. The third-order valence-electron chi connectivity index (χ3n) is 0.624. The lowest BCUT2D eigenvalue weighted by Crippen LogP contribution is -2.11. The van der Waals surface area contributed by atoms with Crippen LogP contribution in [0.5, 0.6) is 0 Å². The van der Waals surface area contributed by atoms with Crippen molar-refractivity contribution >= 4 is 22.4 Å². The van der Waals surface area contributed by atoms with E-state index in [0.717, 1.165) is 0 Å². The summed E-state index contributed by atoms with van der Waals surface area (Å²) in [4.78, 5) is 19.4. The van der Waals surface area contributed by atoms with Crippen LogP contribution in [0.15, 0.2) is 14.7 Å². The van der Waals surface area contributed by atoms with Gasteiger partial charge in [-0.25, -0.2) is 10.2 Å². The molecule has 0 atom stereocenters. The SMILES string of the molecule is NC(=O)N=S(=O)=O.O=C1CN=NN1. The molecule has 9 nitrogen and oxygen atoms in total. The van der Waals surface area contributed by atoms with Gasteiger partial charge in [-0.3, -0.25) is 4.79 Å². The molecule has 0 saturated carbocycles. The van der Waals surface area contributed by atoms with Crippen molar-refractivity contribution in [2.45, 2.75) is 0 Å². The first-order valence-corrected chi connectivity index (χ1v) is 3.81. The molecule has 0 aromatic heterocycles. The Morgan fingerprint density at radius 3 is 2.31 bits per heavy atom. The highest BCUT2D eigenvalue weighted by Crippen LogP contribution is 1.79. The summed E-state index contributed by atoms with van der Waals surface area (Å²) < 4.78 is 21.0. The monoisotopic (exact) mass is 207 g/mol.